The van der Waals surface area contributed by atoms with Crippen LogP contribution in [0.25, 0.3) is 0 Å². The minimum Gasteiger partial charge on any atom is -0.344 e. The van der Waals surface area contributed by atoms with E-state index in [9.17, 15) is 9.59 Å². The molecule has 1 N–H and O–H groups in total. The summed E-state index contributed by atoms with van der Waals surface area (Å²) in [7, 11) is 3.76. The number of carbonyl (C=O) groups excluding carboxylic acids is 2. The number of carbonyl (C=O) groups is 2. The quantitative estimate of drug-likeness (QED) is 0.809. The molecule has 148 valence electrons. The van der Waals surface area contributed by atoms with Crippen molar-refractivity contribution in [3.8, 4) is 0 Å². The summed E-state index contributed by atoms with van der Waals surface area (Å²) >= 11 is 0. The lowest BCUT2D eigenvalue weighted by Crippen LogP contribution is -2.51. The maximum Gasteiger partial charge on any atom is 0.257 e. The Balaban J connectivity index is 1.59. The lowest BCUT2D eigenvalue weighted by atomic mass is 9.93. The predicted octanol–water partition coefficient (Wildman–Crippen LogP) is 0.0507. The normalized spacial score (nSPS) is 27.0. The average Bonchev–Trinajstić information content (AvgIpc) is 2.99. The molecule has 3 aliphatic heterocycles. The Bertz CT molecular complexity index is 711. The number of nitrogens with zero attached hydrogens (tertiary/aromatic N) is 5. The second kappa shape index (κ2) is 7.59. The number of nitrogens with one attached hydrogen (secondary N) is 1. The first-order valence-corrected chi connectivity index (χ1v) is 10.0. The molecule has 8 nitrogen and oxygen atoms in total. The number of hydrogen-bond donors (Lipinski definition) is 1. The number of hydrogen-bond acceptors (Lipinski definition) is 5. The number of fused-ring (bicyclic) bond motifs is 2. The summed E-state index contributed by atoms with van der Waals surface area (Å²) in [6.07, 6.45) is 5.11. The first-order valence-electron chi connectivity index (χ1n) is 10.0. The van der Waals surface area contributed by atoms with Crippen LogP contribution < -0.4 is 5.32 Å². The van der Waals surface area contributed by atoms with Crippen molar-refractivity contribution in [2.75, 3.05) is 39.8 Å². The molecule has 27 heavy (non-hydrogen) atoms. The highest BCUT2D eigenvalue weighted by Crippen LogP contribution is 2.31. The van der Waals surface area contributed by atoms with Gasteiger partial charge in [-0.1, -0.05) is 0 Å². The highest BCUT2D eigenvalue weighted by atomic mass is 16.2. The molecule has 8 heteroatoms. The number of likely N-dealkylation sites (N-methyl/N-ethyl adjacent to an activating group) is 1. The molecular weight excluding hydrogens is 344 g/mol. The van der Waals surface area contributed by atoms with Crippen molar-refractivity contribution in [3.63, 3.8) is 0 Å². The van der Waals surface area contributed by atoms with Gasteiger partial charge in [-0.25, -0.2) is 0 Å². The van der Waals surface area contributed by atoms with Gasteiger partial charge in [0.15, 0.2) is 0 Å². The van der Waals surface area contributed by atoms with Crippen LogP contribution in [-0.2, 0) is 18.4 Å². The van der Waals surface area contributed by atoms with Crippen molar-refractivity contribution in [3.05, 3.63) is 17.5 Å². The van der Waals surface area contributed by atoms with Crippen molar-refractivity contribution in [2.24, 2.45) is 7.05 Å². The highest BCUT2D eigenvalue weighted by molar-refractivity contribution is 5.96. The molecule has 3 aliphatic rings. The van der Waals surface area contributed by atoms with Gasteiger partial charge < -0.3 is 15.1 Å². The van der Waals surface area contributed by atoms with E-state index in [-0.39, 0.29) is 23.9 Å². The molecule has 4 heterocycles. The second-order valence-electron chi connectivity index (χ2n) is 8.08. The van der Waals surface area contributed by atoms with Crippen molar-refractivity contribution in [2.45, 2.75) is 44.3 Å². The molecule has 2 atom stereocenters. The predicted molar refractivity (Wildman–Crippen MR) is 101 cm³/mol. The molecule has 0 aromatic carbocycles. The SMILES string of the molecule is CN1CC2CCCC(CC1=O)N2C(=O)c1cnn(C)c1CN1CCNCC1. The van der Waals surface area contributed by atoms with E-state index < -0.39 is 0 Å². The molecule has 0 radical (unpaired) electrons. The molecule has 2 unspecified atom stereocenters. The Morgan fingerprint density at radius 2 is 1.96 bits per heavy atom. The number of piperazine rings is 1. The Morgan fingerprint density at radius 3 is 2.74 bits per heavy atom. The van der Waals surface area contributed by atoms with Gasteiger partial charge in [-0.05, 0) is 19.3 Å². The number of aromatic nitrogens is 2. The zero-order valence-corrected chi connectivity index (χ0v) is 16.4. The molecule has 4 rings (SSSR count). The van der Waals surface area contributed by atoms with Gasteiger partial charge in [0.2, 0.25) is 5.91 Å². The number of piperidine rings is 1. The van der Waals surface area contributed by atoms with Crippen LogP contribution in [0.5, 0.6) is 0 Å². The molecule has 0 saturated carbocycles. The lowest BCUT2D eigenvalue weighted by molar-refractivity contribution is -0.129. The van der Waals surface area contributed by atoms with Crippen molar-refractivity contribution in [1.29, 1.82) is 0 Å². The summed E-state index contributed by atoms with van der Waals surface area (Å²) in [6, 6.07) is 0.126. The van der Waals surface area contributed by atoms with E-state index in [1.54, 1.807) is 11.1 Å². The first kappa shape index (κ1) is 18.4. The van der Waals surface area contributed by atoms with Crippen LogP contribution in [-0.4, -0.2) is 88.1 Å². The Labute approximate surface area is 160 Å². The average molecular weight is 374 g/mol. The fraction of sp³-hybridized carbons (Fsp3) is 0.737. The topological polar surface area (TPSA) is 73.7 Å². The van der Waals surface area contributed by atoms with Crippen molar-refractivity contribution >= 4 is 11.8 Å². The van der Waals surface area contributed by atoms with Crippen LogP contribution in [0.1, 0.15) is 41.7 Å². The smallest absolute Gasteiger partial charge is 0.257 e. The molecule has 3 fully saturated rings. The number of aryl methyl sites for hydroxylation is 1. The van der Waals surface area contributed by atoms with E-state index in [1.807, 2.05) is 23.7 Å². The monoisotopic (exact) mass is 374 g/mol. The van der Waals surface area contributed by atoms with E-state index in [0.29, 0.717) is 18.5 Å². The third-order valence-electron chi connectivity index (χ3n) is 6.29. The molecule has 3 saturated heterocycles. The summed E-state index contributed by atoms with van der Waals surface area (Å²) < 4.78 is 1.83. The third-order valence-corrected chi connectivity index (χ3v) is 6.29. The molecule has 2 bridgehead atoms. The van der Waals surface area contributed by atoms with Crippen LogP contribution in [0.2, 0.25) is 0 Å². The van der Waals surface area contributed by atoms with Gasteiger partial charge in [0.05, 0.1) is 17.5 Å². The minimum absolute atomic E-state index is 0.0148. The second-order valence-corrected chi connectivity index (χ2v) is 8.08. The summed E-state index contributed by atoms with van der Waals surface area (Å²) in [5.41, 5.74) is 1.67. The Morgan fingerprint density at radius 1 is 1.22 bits per heavy atom. The minimum atomic E-state index is 0.0148. The molecule has 0 aliphatic carbocycles. The van der Waals surface area contributed by atoms with Crippen LogP contribution in [0, 0.1) is 0 Å². The third kappa shape index (κ3) is 3.60. The van der Waals surface area contributed by atoms with Crippen LogP contribution in [0.3, 0.4) is 0 Å². The fourth-order valence-corrected chi connectivity index (χ4v) is 4.70. The molecule has 2 amide bonds. The van der Waals surface area contributed by atoms with Gasteiger partial charge in [-0.3, -0.25) is 19.2 Å². The van der Waals surface area contributed by atoms with Crippen LogP contribution in [0.4, 0.5) is 0 Å². The standard InChI is InChI=1S/C19H30N6O2/c1-22-12-15-5-3-4-14(10-18(22)26)25(15)19(27)16-11-21-23(2)17(16)13-24-8-6-20-7-9-24/h11,14-15,20H,3-10,12-13H2,1-2H3. The van der Waals surface area contributed by atoms with E-state index in [1.165, 1.54) is 0 Å². The zero-order valence-electron chi connectivity index (χ0n) is 16.4. The molecule has 1 aromatic heterocycles. The summed E-state index contributed by atoms with van der Waals surface area (Å²) in [6.45, 7) is 5.29. The van der Waals surface area contributed by atoms with Crippen LogP contribution in [0.15, 0.2) is 6.20 Å². The van der Waals surface area contributed by atoms with E-state index in [0.717, 1.165) is 57.7 Å². The van der Waals surface area contributed by atoms with Gasteiger partial charge in [0, 0.05) is 71.9 Å². The maximum atomic E-state index is 13.6. The Hall–Kier alpha value is -1.93. The van der Waals surface area contributed by atoms with Gasteiger partial charge in [-0.15, -0.1) is 0 Å². The lowest BCUT2D eigenvalue weighted by Gasteiger charge is -2.40. The number of rotatable bonds is 3. The highest BCUT2D eigenvalue weighted by Gasteiger charge is 2.40. The summed E-state index contributed by atoms with van der Waals surface area (Å²) in [4.78, 5) is 32.1. The van der Waals surface area contributed by atoms with Gasteiger partial charge in [-0.2, -0.15) is 5.10 Å². The van der Waals surface area contributed by atoms with Gasteiger partial charge in [0.25, 0.3) is 5.91 Å². The van der Waals surface area contributed by atoms with Gasteiger partial charge >= 0.3 is 0 Å². The van der Waals surface area contributed by atoms with Gasteiger partial charge in [0.1, 0.15) is 0 Å². The first-order chi connectivity index (χ1) is 13.0. The molecular formula is C19H30N6O2. The van der Waals surface area contributed by atoms with E-state index >= 15 is 0 Å². The van der Waals surface area contributed by atoms with Crippen molar-refractivity contribution in [1.82, 2.24) is 29.8 Å². The zero-order chi connectivity index (χ0) is 19.0. The van der Waals surface area contributed by atoms with E-state index in [4.69, 9.17) is 0 Å². The maximum absolute atomic E-state index is 13.6. The summed E-state index contributed by atoms with van der Waals surface area (Å²) in [5, 5.41) is 7.76. The number of amides is 2. The molecule has 1 aromatic rings. The van der Waals surface area contributed by atoms with E-state index in [2.05, 4.69) is 15.3 Å². The van der Waals surface area contributed by atoms with Crippen LogP contribution >= 0.6 is 0 Å². The summed E-state index contributed by atoms with van der Waals surface area (Å²) in [5.74, 6) is 0.195. The fourth-order valence-electron chi connectivity index (χ4n) is 4.70. The van der Waals surface area contributed by atoms with Crippen molar-refractivity contribution < 1.29 is 9.59 Å². The Kier molecular flexibility index (Phi) is 5.19. The largest absolute Gasteiger partial charge is 0.344 e. The molecule has 0 spiro atoms.